The van der Waals surface area contributed by atoms with Crippen molar-refractivity contribution in [2.45, 2.75) is 38.8 Å². The molecular formula is C24H30Cl2N2O4S. The molecule has 1 fully saturated rings. The molecule has 1 saturated heterocycles. The molecular weight excluding hydrogens is 483 g/mol. The van der Waals surface area contributed by atoms with Crippen molar-refractivity contribution in [1.29, 1.82) is 0 Å². The minimum absolute atomic E-state index is 0.0474. The number of amides is 1. The summed E-state index contributed by atoms with van der Waals surface area (Å²) in [7, 11) is 0.736. The highest BCUT2D eigenvalue weighted by Gasteiger charge is 2.35. The molecule has 0 spiro atoms. The first-order valence-electron chi connectivity index (χ1n) is 11.0. The zero-order chi connectivity index (χ0) is 24.2. The number of unbranched alkanes of at least 4 members (excludes halogenated alkanes) is 1. The van der Waals surface area contributed by atoms with Crippen LogP contribution in [0.4, 0.5) is 5.69 Å². The third kappa shape index (κ3) is 6.55. The van der Waals surface area contributed by atoms with Crippen molar-refractivity contribution in [3.05, 3.63) is 57.6 Å². The van der Waals surface area contributed by atoms with E-state index in [1.165, 1.54) is 0 Å². The van der Waals surface area contributed by atoms with E-state index >= 15 is 0 Å². The lowest BCUT2D eigenvalue weighted by molar-refractivity contribution is 0.0681. The largest absolute Gasteiger partial charge is 0.490 e. The molecule has 0 aliphatic carbocycles. The van der Waals surface area contributed by atoms with Gasteiger partial charge in [-0.1, -0.05) is 48.7 Å². The van der Waals surface area contributed by atoms with Gasteiger partial charge in [0.2, 0.25) is 0 Å². The molecule has 1 atom stereocenters. The van der Waals surface area contributed by atoms with Crippen LogP contribution in [0.2, 0.25) is 10.0 Å². The molecule has 9 heteroatoms. The van der Waals surface area contributed by atoms with Gasteiger partial charge in [-0.15, -0.1) is 0 Å². The number of halogens is 2. The maximum absolute atomic E-state index is 13.6. The Balaban J connectivity index is 1.89. The first-order chi connectivity index (χ1) is 15.6. The molecule has 0 saturated carbocycles. The average molecular weight is 513 g/mol. The van der Waals surface area contributed by atoms with Crippen LogP contribution in [-0.2, 0) is 16.4 Å². The van der Waals surface area contributed by atoms with Crippen molar-refractivity contribution >= 4 is 44.6 Å². The number of sulfone groups is 1. The molecule has 1 amide bonds. The fourth-order valence-corrected chi connectivity index (χ4v) is 6.12. The van der Waals surface area contributed by atoms with Gasteiger partial charge in [0, 0.05) is 37.9 Å². The smallest absolute Gasteiger partial charge is 0.254 e. The van der Waals surface area contributed by atoms with Crippen LogP contribution in [0.1, 0.15) is 42.1 Å². The number of hydrogen-bond acceptors (Lipinski definition) is 5. The van der Waals surface area contributed by atoms with E-state index < -0.39 is 15.9 Å². The second-order valence-corrected chi connectivity index (χ2v) is 11.6. The van der Waals surface area contributed by atoms with Gasteiger partial charge in [0.25, 0.3) is 5.91 Å². The summed E-state index contributed by atoms with van der Waals surface area (Å²) >= 11 is 12.8. The van der Waals surface area contributed by atoms with Gasteiger partial charge >= 0.3 is 0 Å². The van der Waals surface area contributed by atoms with Gasteiger partial charge < -0.3 is 14.5 Å². The number of hydrogen-bond donors (Lipinski definition) is 0. The summed E-state index contributed by atoms with van der Waals surface area (Å²) in [6, 6.07) is 10.5. The third-order valence-corrected chi connectivity index (χ3v) is 8.02. The first kappa shape index (κ1) is 25.7. The Hall–Kier alpha value is -1.96. The highest BCUT2D eigenvalue weighted by atomic mass is 35.5. The normalized spacial score (nSPS) is 17.1. The molecule has 0 radical (unpaired) electrons. The number of ether oxygens (including phenoxy) is 1. The molecule has 6 nitrogen and oxygen atoms in total. The molecule has 3 rings (SSSR count). The zero-order valence-corrected chi connectivity index (χ0v) is 21.5. The molecule has 0 N–H and O–H groups in total. The molecule has 0 aromatic heterocycles. The number of carbonyl (C=O) groups excluding carboxylic acids is 1. The summed E-state index contributed by atoms with van der Waals surface area (Å²) in [6.45, 7) is 2.83. The Morgan fingerprint density at radius 2 is 1.76 bits per heavy atom. The van der Waals surface area contributed by atoms with Crippen LogP contribution in [0, 0.1) is 0 Å². The topological polar surface area (TPSA) is 66.9 Å². The van der Waals surface area contributed by atoms with E-state index in [1.54, 1.807) is 17.0 Å². The monoisotopic (exact) mass is 512 g/mol. The predicted molar refractivity (Wildman–Crippen MR) is 135 cm³/mol. The Kier molecular flexibility index (Phi) is 8.54. The molecule has 1 aliphatic heterocycles. The minimum Gasteiger partial charge on any atom is -0.490 e. The second kappa shape index (κ2) is 11.0. The Bertz CT molecular complexity index is 1070. The summed E-state index contributed by atoms with van der Waals surface area (Å²) in [5.74, 6) is 0.0799. The van der Waals surface area contributed by atoms with Crippen molar-refractivity contribution in [1.82, 2.24) is 4.90 Å². The van der Waals surface area contributed by atoms with E-state index in [4.69, 9.17) is 27.9 Å². The van der Waals surface area contributed by atoms with Gasteiger partial charge in [0.1, 0.15) is 0 Å². The van der Waals surface area contributed by atoms with Gasteiger partial charge in [-0.3, -0.25) is 4.79 Å². The molecule has 180 valence electrons. The Morgan fingerprint density at radius 3 is 2.27 bits per heavy atom. The third-order valence-electron chi connectivity index (χ3n) is 5.71. The van der Waals surface area contributed by atoms with Crippen LogP contribution < -0.4 is 9.64 Å². The van der Waals surface area contributed by atoms with Crippen molar-refractivity contribution in [2.75, 3.05) is 37.1 Å². The lowest BCUT2D eigenvalue weighted by Gasteiger charge is -2.29. The summed E-state index contributed by atoms with van der Waals surface area (Å²) < 4.78 is 30.0. The van der Waals surface area contributed by atoms with Crippen molar-refractivity contribution in [2.24, 2.45) is 0 Å². The number of anilines is 1. The van der Waals surface area contributed by atoms with Crippen molar-refractivity contribution in [3.63, 3.8) is 0 Å². The number of benzene rings is 2. The fourth-order valence-electron chi connectivity index (χ4n) is 3.79. The van der Waals surface area contributed by atoms with E-state index in [1.807, 2.05) is 43.3 Å². The summed E-state index contributed by atoms with van der Waals surface area (Å²) in [5, 5.41) is 0.521. The summed E-state index contributed by atoms with van der Waals surface area (Å²) in [4.78, 5) is 17.2. The molecule has 1 aliphatic rings. The average Bonchev–Trinajstić information content (AvgIpc) is 3.13. The van der Waals surface area contributed by atoms with E-state index in [9.17, 15) is 13.2 Å². The highest BCUT2D eigenvalue weighted by molar-refractivity contribution is 7.91. The molecule has 2 aromatic rings. The zero-order valence-electron chi connectivity index (χ0n) is 19.2. The van der Waals surface area contributed by atoms with Gasteiger partial charge in [0.15, 0.2) is 15.6 Å². The summed E-state index contributed by atoms with van der Waals surface area (Å²) in [5.41, 5.74) is 2.26. The van der Waals surface area contributed by atoms with Gasteiger partial charge in [-0.2, -0.15) is 0 Å². The van der Waals surface area contributed by atoms with Gasteiger partial charge in [0.05, 0.1) is 28.2 Å². The van der Waals surface area contributed by atoms with Gasteiger partial charge in [-0.25, -0.2) is 8.42 Å². The molecule has 0 bridgehead atoms. The lowest BCUT2D eigenvalue weighted by Crippen LogP contribution is -2.40. The molecule has 2 aromatic carbocycles. The number of carbonyl (C=O) groups is 1. The maximum atomic E-state index is 13.6. The van der Waals surface area contributed by atoms with Crippen molar-refractivity contribution in [3.8, 4) is 5.75 Å². The highest BCUT2D eigenvalue weighted by Crippen LogP contribution is 2.35. The minimum atomic E-state index is -3.18. The molecule has 1 unspecified atom stereocenters. The van der Waals surface area contributed by atoms with Crippen LogP contribution in [0.5, 0.6) is 5.75 Å². The van der Waals surface area contributed by atoms with E-state index in [2.05, 4.69) is 6.92 Å². The van der Waals surface area contributed by atoms with Crippen LogP contribution in [0.3, 0.4) is 0 Å². The van der Waals surface area contributed by atoms with Crippen LogP contribution in [-0.4, -0.2) is 57.5 Å². The van der Waals surface area contributed by atoms with Crippen LogP contribution >= 0.6 is 23.2 Å². The molecule has 33 heavy (non-hydrogen) atoms. The maximum Gasteiger partial charge on any atom is 0.254 e. The first-order valence-corrected chi connectivity index (χ1v) is 13.6. The lowest BCUT2D eigenvalue weighted by atomic mass is 10.1. The number of nitrogens with zero attached hydrogens (tertiary/aromatic N) is 2. The van der Waals surface area contributed by atoms with Crippen LogP contribution in [0.15, 0.2) is 36.4 Å². The quantitative estimate of drug-likeness (QED) is 0.438. The summed E-state index contributed by atoms with van der Waals surface area (Å²) in [6.07, 6.45) is 2.24. The van der Waals surface area contributed by atoms with E-state index in [0.717, 1.165) is 24.1 Å². The standard InChI is InChI=1S/C24H30Cl2N2O4S/c1-4-5-11-32-23-21(25)13-18(14-22(23)26)24(29)28(20-10-12-33(30,31)16-20)15-17-6-8-19(9-7-17)27(2)3/h6-9,13-14,20H,4-5,10-12,15-16H2,1-3H3. The van der Waals surface area contributed by atoms with Crippen molar-refractivity contribution < 1.29 is 17.9 Å². The number of rotatable bonds is 9. The van der Waals surface area contributed by atoms with E-state index in [-0.39, 0.29) is 34.0 Å². The molecule has 1 heterocycles. The SMILES string of the molecule is CCCCOc1c(Cl)cc(C(=O)N(Cc2ccc(N(C)C)cc2)C2CCS(=O)(=O)C2)cc1Cl. The fraction of sp³-hybridized carbons (Fsp3) is 0.458. The Morgan fingerprint density at radius 1 is 1.12 bits per heavy atom. The second-order valence-electron chi connectivity index (χ2n) is 8.52. The van der Waals surface area contributed by atoms with Crippen LogP contribution in [0.25, 0.3) is 0 Å². The van der Waals surface area contributed by atoms with E-state index in [0.29, 0.717) is 24.3 Å². The Labute approximate surface area is 206 Å². The predicted octanol–water partition coefficient (Wildman–Crippen LogP) is 5.07. The van der Waals surface area contributed by atoms with Gasteiger partial charge in [-0.05, 0) is 42.7 Å².